The van der Waals surface area contributed by atoms with Crippen molar-refractivity contribution in [2.75, 3.05) is 20.6 Å². The van der Waals surface area contributed by atoms with Crippen molar-refractivity contribution in [1.29, 1.82) is 0 Å². The maximum Gasteiger partial charge on any atom is 0.271 e. The number of aryl methyl sites for hydroxylation is 1. The lowest BCUT2D eigenvalue weighted by molar-refractivity contribution is 0.0958. The molecular formula is C10H16N4O. The standard InChI is InChI=1S/C10H16N4O/c1-11-10(15)8-6-14-5-3-4-13(2)7-9(14)12-8/h6H,3-5,7H2,1-2H3,(H,11,15). The minimum absolute atomic E-state index is 0.113. The van der Waals surface area contributed by atoms with Gasteiger partial charge in [-0.05, 0) is 13.5 Å². The van der Waals surface area contributed by atoms with Crippen molar-refractivity contribution >= 4 is 5.91 Å². The number of imidazole rings is 1. The molecule has 1 amide bonds. The smallest absolute Gasteiger partial charge is 0.271 e. The third kappa shape index (κ3) is 2.02. The monoisotopic (exact) mass is 208 g/mol. The first-order chi connectivity index (χ1) is 7.20. The first kappa shape index (κ1) is 10.2. The normalized spacial score (nSPS) is 16.9. The van der Waals surface area contributed by atoms with Gasteiger partial charge in [-0.2, -0.15) is 0 Å². The predicted octanol–water partition coefficient (Wildman–Crippen LogP) is 0.0782. The SMILES string of the molecule is CNC(=O)c1cn2c(n1)CN(C)CCC2. The number of aromatic nitrogens is 2. The Balaban J connectivity index is 2.27. The molecule has 0 atom stereocenters. The van der Waals surface area contributed by atoms with Gasteiger partial charge in [-0.15, -0.1) is 0 Å². The summed E-state index contributed by atoms with van der Waals surface area (Å²) in [6.45, 7) is 2.85. The molecule has 2 rings (SSSR count). The zero-order valence-corrected chi connectivity index (χ0v) is 9.16. The van der Waals surface area contributed by atoms with Gasteiger partial charge < -0.3 is 9.88 Å². The summed E-state index contributed by atoms with van der Waals surface area (Å²) in [6, 6.07) is 0. The Kier molecular flexibility index (Phi) is 2.73. The molecule has 0 unspecified atom stereocenters. The molecule has 5 nitrogen and oxygen atoms in total. The number of carbonyl (C=O) groups excluding carboxylic acids is 1. The molecule has 0 aliphatic carbocycles. The van der Waals surface area contributed by atoms with Gasteiger partial charge in [-0.3, -0.25) is 9.69 Å². The number of amides is 1. The highest BCUT2D eigenvalue weighted by Gasteiger charge is 2.16. The lowest BCUT2D eigenvalue weighted by Crippen LogP contribution is -2.20. The minimum atomic E-state index is -0.113. The second kappa shape index (κ2) is 4.02. The van der Waals surface area contributed by atoms with E-state index in [9.17, 15) is 4.79 Å². The van der Waals surface area contributed by atoms with E-state index >= 15 is 0 Å². The van der Waals surface area contributed by atoms with Crippen molar-refractivity contribution in [3.05, 3.63) is 17.7 Å². The van der Waals surface area contributed by atoms with E-state index in [1.54, 1.807) is 7.05 Å². The lowest BCUT2D eigenvalue weighted by Gasteiger charge is -2.10. The molecule has 1 aliphatic heterocycles. The third-order valence-electron chi connectivity index (χ3n) is 2.67. The largest absolute Gasteiger partial charge is 0.354 e. The van der Waals surface area contributed by atoms with E-state index in [0.717, 1.165) is 31.9 Å². The summed E-state index contributed by atoms with van der Waals surface area (Å²) in [6.07, 6.45) is 2.94. The van der Waals surface area contributed by atoms with Crippen LogP contribution < -0.4 is 5.32 Å². The Morgan fingerprint density at radius 3 is 3.07 bits per heavy atom. The van der Waals surface area contributed by atoms with Crippen LogP contribution in [0, 0.1) is 0 Å². The van der Waals surface area contributed by atoms with Crippen LogP contribution in [0.15, 0.2) is 6.20 Å². The molecule has 1 N–H and O–H groups in total. The number of hydrogen-bond acceptors (Lipinski definition) is 3. The molecule has 0 fully saturated rings. The van der Waals surface area contributed by atoms with E-state index in [-0.39, 0.29) is 5.91 Å². The zero-order valence-electron chi connectivity index (χ0n) is 9.16. The number of rotatable bonds is 1. The molecule has 0 aromatic carbocycles. The quantitative estimate of drug-likeness (QED) is 0.711. The number of fused-ring (bicyclic) bond motifs is 1. The lowest BCUT2D eigenvalue weighted by atomic mass is 10.4. The van der Waals surface area contributed by atoms with E-state index in [0.29, 0.717) is 5.69 Å². The average Bonchev–Trinajstić information content (AvgIpc) is 2.53. The Morgan fingerprint density at radius 2 is 2.33 bits per heavy atom. The molecule has 0 spiro atoms. The summed E-state index contributed by atoms with van der Waals surface area (Å²) in [5.41, 5.74) is 0.516. The van der Waals surface area contributed by atoms with Gasteiger partial charge in [0.1, 0.15) is 11.5 Å². The van der Waals surface area contributed by atoms with Gasteiger partial charge in [-0.1, -0.05) is 0 Å². The van der Waals surface area contributed by atoms with Crippen molar-refractivity contribution in [3.63, 3.8) is 0 Å². The van der Waals surface area contributed by atoms with Gasteiger partial charge >= 0.3 is 0 Å². The summed E-state index contributed by atoms with van der Waals surface area (Å²) in [4.78, 5) is 18.0. The molecule has 1 aromatic heterocycles. The molecule has 0 saturated carbocycles. The predicted molar refractivity (Wildman–Crippen MR) is 56.6 cm³/mol. The van der Waals surface area contributed by atoms with E-state index in [2.05, 4.69) is 26.8 Å². The maximum atomic E-state index is 11.4. The van der Waals surface area contributed by atoms with Crippen LogP contribution in [0.1, 0.15) is 22.7 Å². The molecule has 2 heterocycles. The number of carbonyl (C=O) groups is 1. The van der Waals surface area contributed by atoms with Gasteiger partial charge in [0.15, 0.2) is 0 Å². The Labute approximate surface area is 89.1 Å². The van der Waals surface area contributed by atoms with Crippen LogP contribution in [0.2, 0.25) is 0 Å². The molecule has 15 heavy (non-hydrogen) atoms. The average molecular weight is 208 g/mol. The summed E-state index contributed by atoms with van der Waals surface area (Å²) < 4.78 is 2.08. The van der Waals surface area contributed by atoms with Crippen LogP contribution in [-0.4, -0.2) is 41.0 Å². The molecule has 0 saturated heterocycles. The van der Waals surface area contributed by atoms with Gasteiger partial charge in [0.25, 0.3) is 5.91 Å². The van der Waals surface area contributed by atoms with Crippen LogP contribution in [-0.2, 0) is 13.1 Å². The summed E-state index contributed by atoms with van der Waals surface area (Å²) in [7, 11) is 3.70. The molecular weight excluding hydrogens is 192 g/mol. The molecule has 82 valence electrons. The van der Waals surface area contributed by atoms with E-state index in [4.69, 9.17) is 0 Å². The zero-order chi connectivity index (χ0) is 10.8. The molecule has 1 aromatic rings. The third-order valence-corrected chi connectivity index (χ3v) is 2.67. The molecule has 5 heteroatoms. The first-order valence-corrected chi connectivity index (χ1v) is 5.17. The second-order valence-corrected chi connectivity index (χ2v) is 3.91. The Hall–Kier alpha value is -1.36. The summed E-state index contributed by atoms with van der Waals surface area (Å²) >= 11 is 0. The van der Waals surface area contributed by atoms with Crippen molar-refractivity contribution in [2.24, 2.45) is 0 Å². The number of hydrogen-bond donors (Lipinski definition) is 1. The van der Waals surface area contributed by atoms with Crippen molar-refractivity contribution in [2.45, 2.75) is 19.5 Å². The summed E-state index contributed by atoms with van der Waals surface area (Å²) in [5, 5.41) is 2.59. The van der Waals surface area contributed by atoms with Crippen molar-refractivity contribution in [3.8, 4) is 0 Å². The van der Waals surface area contributed by atoms with Crippen LogP contribution in [0.25, 0.3) is 0 Å². The van der Waals surface area contributed by atoms with Crippen LogP contribution in [0.3, 0.4) is 0 Å². The van der Waals surface area contributed by atoms with Gasteiger partial charge in [0, 0.05) is 26.3 Å². The highest BCUT2D eigenvalue weighted by molar-refractivity contribution is 5.91. The van der Waals surface area contributed by atoms with Crippen molar-refractivity contribution < 1.29 is 4.79 Å². The molecule has 1 aliphatic rings. The minimum Gasteiger partial charge on any atom is -0.354 e. The molecule has 0 radical (unpaired) electrons. The maximum absolute atomic E-state index is 11.4. The fourth-order valence-corrected chi connectivity index (χ4v) is 1.84. The fourth-order valence-electron chi connectivity index (χ4n) is 1.84. The summed E-state index contributed by atoms with van der Waals surface area (Å²) in [5.74, 6) is 0.867. The molecule has 0 bridgehead atoms. The second-order valence-electron chi connectivity index (χ2n) is 3.91. The topological polar surface area (TPSA) is 50.2 Å². The highest BCUT2D eigenvalue weighted by Crippen LogP contribution is 2.11. The van der Waals surface area contributed by atoms with Gasteiger partial charge in [-0.25, -0.2) is 4.98 Å². The van der Waals surface area contributed by atoms with E-state index in [1.165, 1.54) is 0 Å². The van der Waals surface area contributed by atoms with Crippen LogP contribution in [0.4, 0.5) is 0 Å². The van der Waals surface area contributed by atoms with Gasteiger partial charge in [0.2, 0.25) is 0 Å². The first-order valence-electron chi connectivity index (χ1n) is 5.17. The number of nitrogens with zero attached hydrogens (tertiary/aromatic N) is 3. The Morgan fingerprint density at radius 1 is 1.53 bits per heavy atom. The van der Waals surface area contributed by atoms with E-state index in [1.807, 2.05) is 6.20 Å². The highest BCUT2D eigenvalue weighted by atomic mass is 16.1. The van der Waals surface area contributed by atoms with E-state index < -0.39 is 0 Å². The van der Waals surface area contributed by atoms with Gasteiger partial charge in [0.05, 0.1) is 6.54 Å². The van der Waals surface area contributed by atoms with Crippen LogP contribution in [0.5, 0.6) is 0 Å². The Bertz CT molecular complexity index is 371. The fraction of sp³-hybridized carbons (Fsp3) is 0.600. The number of nitrogens with one attached hydrogen (secondary N) is 1. The van der Waals surface area contributed by atoms with Crippen LogP contribution >= 0.6 is 0 Å². The van der Waals surface area contributed by atoms with Crippen molar-refractivity contribution in [1.82, 2.24) is 19.8 Å².